The molecule has 0 saturated carbocycles. The van der Waals surface area contributed by atoms with E-state index in [9.17, 15) is 0 Å². The van der Waals surface area contributed by atoms with E-state index in [1.165, 1.54) is 57.0 Å². The van der Waals surface area contributed by atoms with Crippen LogP contribution in [0.2, 0.25) is 0 Å². The summed E-state index contributed by atoms with van der Waals surface area (Å²) in [6.45, 7) is -0.345. The molecule has 16 aromatic rings. The first kappa shape index (κ1) is 54.2. The smallest absolute Gasteiger partial charge is 0.0380 e. The number of ether oxygens (including phenoxy) is 1. The van der Waals surface area contributed by atoms with E-state index in [0.717, 1.165) is 108 Å². The molecule has 0 saturated heterocycles. The molecule has 0 radical (unpaired) electrons. The summed E-state index contributed by atoms with van der Waals surface area (Å²) in [6, 6.07) is 120. The maximum atomic E-state index is 7.91. The van der Waals surface area contributed by atoms with Crippen LogP contribution in [-0.4, -0.2) is 54.3 Å². The summed E-state index contributed by atoms with van der Waals surface area (Å²) in [5.41, 5.74) is 23.8. The van der Waals surface area contributed by atoms with Gasteiger partial charge in [-0.1, -0.05) is 91.0 Å². The summed E-state index contributed by atoms with van der Waals surface area (Å²) >= 11 is -1.05. The van der Waals surface area contributed by atoms with Gasteiger partial charge in [0.2, 0.25) is 0 Å². The molecule has 0 bridgehead atoms. The molecule has 0 spiro atoms. The fourth-order valence-corrected chi connectivity index (χ4v) is 21.9. The number of hydrogen-bond donors (Lipinski definition) is 0. The van der Waals surface area contributed by atoms with Crippen molar-refractivity contribution in [3.63, 3.8) is 0 Å². The van der Waals surface area contributed by atoms with Gasteiger partial charge in [0.05, 0.1) is 5.69 Å². The van der Waals surface area contributed by atoms with Crippen LogP contribution < -0.4 is 62.0 Å². The van der Waals surface area contributed by atoms with Crippen LogP contribution in [0.3, 0.4) is 0 Å². The van der Waals surface area contributed by atoms with Gasteiger partial charge < -0.3 is 14.7 Å². The molecular formula is C84H53B2N5OTe2. The van der Waals surface area contributed by atoms with Crippen molar-refractivity contribution >= 4 is 208 Å². The summed E-state index contributed by atoms with van der Waals surface area (Å²) in [6.07, 6.45) is 0. The third-order valence-corrected chi connectivity index (χ3v) is 26.1. The molecule has 0 unspecified atom stereocenters. The standard InChI is InChI=1S/C84H53B2N5OTe2/c1-6-24-54(25-7-1)87(55-26-8-2-9-27-55)61-48-74-83-75(49-61)90(58-32-14-5-15-33-58)73-53-77-70(52-69(73)85(83)67-36-18-20-38-71(67)89(74)57-30-12-4-13-31-57)86-68-37-19-21-39-72(68)91(60-43-45-82-66(47-60)64-35-17-23-41-80(64)94-82)76-50-62(51-78(92-77)84(76)86)88(56-28-10-3-11-29-56)59-42-44-81-65(46-59)63-34-16-22-40-79(63)93-81/h1-53H. The quantitative estimate of drug-likeness (QED) is 0.134. The molecule has 0 atom stereocenters. The molecule has 10 heteroatoms. The number of nitrogens with zero attached hydrogens (tertiary/aromatic N) is 5. The molecule has 4 aliphatic rings. The van der Waals surface area contributed by atoms with E-state index in [1.807, 2.05) is 0 Å². The van der Waals surface area contributed by atoms with Crippen molar-refractivity contribution in [3.8, 4) is 11.5 Å². The van der Waals surface area contributed by atoms with Gasteiger partial charge in [-0.3, -0.25) is 0 Å². The predicted octanol–water partition coefficient (Wildman–Crippen LogP) is 17.8. The van der Waals surface area contributed by atoms with Crippen LogP contribution in [-0.2, 0) is 0 Å². The Kier molecular flexibility index (Phi) is 12.4. The maximum absolute atomic E-state index is 7.91. The van der Waals surface area contributed by atoms with Crippen molar-refractivity contribution in [2.75, 3.05) is 24.5 Å². The monoisotopic (exact) mass is 1430 g/mol. The van der Waals surface area contributed by atoms with Gasteiger partial charge in [0.15, 0.2) is 0 Å². The van der Waals surface area contributed by atoms with Gasteiger partial charge in [-0.05, 0) is 77.7 Å². The zero-order valence-corrected chi connectivity index (χ0v) is 55.4. The van der Waals surface area contributed by atoms with Gasteiger partial charge in [-0.25, -0.2) is 0 Å². The van der Waals surface area contributed by atoms with E-state index >= 15 is 0 Å². The summed E-state index contributed by atoms with van der Waals surface area (Å²) in [7, 11) is 0. The third kappa shape index (κ3) is 8.37. The Morgan fingerprint density at radius 1 is 0.245 bits per heavy atom. The van der Waals surface area contributed by atoms with Crippen molar-refractivity contribution in [2.45, 2.75) is 0 Å². The minimum absolute atomic E-state index is 0.158. The Morgan fingerprint density at radius 3 is 1.24 bits per heavy atom. The Balaban J connectivity index is 0.857. The third-order valence-electron chi connectivity index (χ3n) is 19.6. The average Bonchev–Trinajstić information content (AvgIpc) is 0.862. The summed E-state index contributed by atoms with van der Waals surface area (Å²) in [5, 5.41) is 5.42. The van der Waals surface area contributed by atoms with Crippen LogP contribution in [0.25, 0.3) is 35.2 Å². The van der Waals surface area contributed by atoms with E-state index in [4.69, 9.17) is 4.74 Å². The predicted molar refractivity (Wildman–Crippen MR) is 400 cm³/mol. The Bertz CT molecular complexity index is 5690. The minimum Gasteiger partial charge on any atom is -0.0602 e. The Hall–Kier alpha value is -10.4. The van der Waals surface area contributed by atoms with E-state index in [-0.39, 0.29) is 13.4 Å². The number of anilines is 15. The zero-order valence-electron chi connectivity index (χ0n) is 50.7. The van der Waals surface area contributed by atoms with E-state index in [1.54, 1.807) is 0 Å². The number of hydrogen-bond acceptors (Lipinski definition) is 6. The van der Waals surface area contributed by atoms with Crippen LogP contribution in [0, 0.1) is 0 Å². The van der Waals surface area contributed by atoms with Crippen molar-refractivity contribution in [1.29, 1.82) is 0 Å². The first-order valence-corrected chi connectivity index (χ1v) is 36.8. The van der Waals surface area contributed by atoms with Crippen molar-refractivity contribution in [1.82, 2.24) is 0 Å². The first-order chi connectivity index (χ1) is 46.6. The molecule has 0 fully saturated rings. The topological polar surface area (TPSA) is 25.4 Å². The fourth-order valence-electron chi connectivity index (χ4n) is 15.7. The number of fused-ring (bicyclic) bond motifs is 14. The second-order valence-corrected chi connectivity index (χ2v) is 30.9. The molecule has 0 N–H and O–H groups in total. The molecule has 14 aromatic carbocycles. The minimum atomic E-state index is -0.530. The maximum Gasteiger partial charge on any atom is -0.0380 e. The van der Waals surface area contributed by atoms with Crippen LogP contribution in [0.4, 0.5) is 85.3 Å². The first-order valence-electron chi connectivity index (χ1n) is 32.1. The van der Waals surface area contributed by atoms with Crippen LogP contribution in [0.5, 0.6) is 11.5 Å². The number of rotatable bonds is 9. The summed E-state index contributed by atoms with van der Waals surface area (Å²) in [5.74, 6) is 1.69. The summed E-state index contributed by atoms with van der Waals surface area (Å²) in [4.78, 5) is 12.4. The van der Waals surface area contributed by atoms with Gasteiger partial charge in [0.25, 0.3) is 0 Å². The van der Waals surface area contributed by atoms with Gasteiger partial charge in [0.1, 0.15) is 0 Å². The molecule has 4 aliphatic heterocycles. The second kappa shape index (κ2) is 21.6. The van der Waals surface area contributed by atoms with Crippen LogP contribution >= 0.6 is 0 Å². The molecular weight excluding hydrogens is 1370 g/mol. The normalized spacial score (nSPS) is 13.1. The Labute approximate surface area is 565 Å². The molecule has 6 heterocycles. The molecule has 2 aromatic heterocycles. The van der Waals surface area contributed by atoms with Gasteiger partial charge in [0, 0.05) is 39.8 Å². The SMILES string of the molecule is c1ccc(N(c2ccccc2)c2cc3c4c(c2)N(c2ccccc2)c2cc5c(cc2B4c2ccccc2N3c2ccccc2)B2c3ccccc3N(c3ccc4[te]c6ccccc6c4c3)c3cc(N(c4ccccc4)c4ccc6[te]c7ccccc7c6c4)cc(c32)O5)cc1. The summed E-state index contributed by atoms with van der Waals surface area (Å²) < 4.78 is 13.9. The number of benzene rings is 14. The largest absolute Gasteiger partial charge is 0.0602 e. The molecule has 6 nitrogen and oxygen atoms in total. The van der Waals surface area contributed by atoms with Crippen molar-refractivity contribution in [3.05, 3.63) is 322 Å². The zero-order chi connectivity index (χ0) is 61.5. The molecule has 20 rings (SSSR count). The molecule has 94 heavy (non-hydrogen) atoms. The van der Waals surface area contributed by atoms with Crippen molar-refractivity contribution < 1.29 is 4.74 Å². The van der Waals surface area contributed by atoms with E-state index in [2.05, 4.69) is 346 Å². The average molecular weight is 1430 g/mol. The van der Waals surface area contributed by atoms with Crippen LogP contribution in [0.1, 0.15) is 0 Å². The van der Waals surface area contributed by atoms with Gasteiger partial charge in [-0.15, -0.1) is 0 Å². The van der Waals surface area contributed by atoms with Crippen molar-refractivity contribution in [2.24, 2.45) is 0 Å². The molecule has 438 valence electrons. The van der Waals surface area contributed by atoms with Gasteiger partial charge >= 0.3 is 341 Å². The van der Waals surface area contributed by atoms with E-state index < -0.39 is 40.9 Å². The van der Waals surface area contributed by atoms with E-state index in [0.29, 0.717) is 0 Å². The molecule has 0 aliphatic carbocycles. The fraction of sp³-hybridized carbons (Fsp3) is 0. The Morgan fingerprint density at radius 2 is 0.670 bits per heavy atom. The second-order valence-electron chi connectivity index (χ2n) is 24.7. The molecule has 0 amide bonds. The van der Waals surface area contributed by atoms with Crippen LogP contribution in [0.15, 0.2) is 322 Å². The number of para-hydroxylation sites is 7. The van der Waals surface area contributed by atoms with Gasteiger partial charge in [-0.2, -0.15) is 0 Å².